The number of benzene rings is 1. The number of hydrogen-bond donors (Lipinski definition) is 2. The first-order chi connectivity index (χ1) is 8.11. The van der Waals surface area contributed by atoms with E-state index in [0.29, 0.717) is 0 Å². The van der Waals surface area contributed by atoms with Crippen molar-refractivity contribution < 1.29 is 0 Å². The van der Waals surface area contributed by atoms with Crippen molar-refractivity contribution in [2.75, 3.05) is 13.6 Å². The lowest BCUT2D eigenvalue weighted by Gasteiger charge is -2.26. The Morgan fingerprint density at radius 1 is 1.18 bits per heavy atom. The number of likely N-dealkylation sites (N-methyl/N-ethyl adjacent to an activating group) is 1. The molecule has 0 spiro atoms. The summed E-state index contributed by atoms with van der Waals surface area (Å²) >= 11 is 0. The number of hydrogen-bond acceptors (Lipinski definition) is 2. The standard InChI is InChI=1S/C15H24N2/c1-15(2,11-16-3)17-10-12-7-8-13-5-4-6-14(13)9-12/h7-9,16-17H,4-6,10-11H2,1-3H3. The van der Waals surface area contributed by atoms with Crippen LogP contribution in [0.1, 0.15) is 37.0 Å². The Kier molecular flexibility index (Phi) is 3.85. The Labute approximate surface area is 105 Å². The lowest BCUT2D eigenvalue weighted by molar-refractivity contribution is 0.374. The molecule has 0 bridgehead atoms. The molecule has 0 saturated heterocycles. The lowest BCUT2D eigenvalue weighted by atomic mass is 10.0. The van der Waals surface area contributed by atoms with E-state index >= 15 is 0 Å². The lowest BCUT2D eigenvalue weighted by Crippen LogP contribution is -2.46. The molecule has 1 aromatic carbocycles. The molecule has 0 aromatic heterocycles. The van der Waals surface area contributed by atoms with E-state index in [2.05, 4.69) is 42.7 Å². The third-order valence-corrected chi connectivity index (χ3v) is 3.55. The molecule has 2 N–H and O–H groups in total. The van der Waals surface area contributed by atoms with Gasteiger partial charge in [0, 0.05) is 18.6 Å². The van der Waals surface area contributed by atoms with Crippen LogP contribution in [0, 0.1) is 0 Å². The first-order valence-corrected chi connectivity index (χ1v) is 6.61. The molecule has 1 aliphatic rings. The van der Waals surface area contributed by atoms with Crippen molar-refractivity contribution in [3.63, 3.8) is 0 Å². The highest BCUT2D eigenvalue weighted by Gasteiger charge is 2.16. The van der Waals surface area contributed by atoms with Gasteiger partial charge in [0.25, 0.3) is 0 Å². The van der Waals surface area contributed by atoms with Crippen LogP contribution in [0.15, 0.2) is 18.2 Å². The predicted octanol–water partition coefficient (Wildman–Crippen LogP) is 2.26. The van der Waals surface area contributed by atoms with Crippen molar-refractivity contribution >= 4 is 0 Å². The maximum Gasteiger partial charge on any atom is 0.0252 e. The summed E-state index contributed by atoms with van der Waals surface area (Å²) in [5, 5.41) is 6.83. The zero-order valence-electron chi connectivity index (χ0n) is 11.3. The third kappa shape index (κ3) is 3.30. The van der Waals surface area contributed by atoms with Gasteiger partial charge >= 0.3 is 0 Å². The molecule has 94 valence electrons. The zero-order chi connectivity index (χ0) is 12.3. The van der Waals surface area contributed by atoms with Gasteiger partial charge in [-0.25, -0.2) is 0 Å². The van der Waals surface area contributed by atoms with Crippen LogP contribution in [-0.4, -0.2) is 19.1 Å². The van der Waals surface area contributed by atoms with E-state index in [1.54, 1.807) is 11.1 Å². The highest BCUT2D eigenvalue weighted by atomic mass is 15.0. The smallest absolute Gasteiger partial charge is 0.0252 e. The molecule has 0 aliphatic heterocycles. The van der Waals surface area contributed by atoms with Crippen LogP contribution < -0.4 is 10.6 Å². The van der Waals surface area contributed by atoms with Crippen molar-refractivity contribution in [1.29, 1.82) is 0 Å². The first kappa shape index (κ1) is 12.6. The summed E-state index contributed by atoms with van der Waals surface area (Å²) in [6.45, 7) is 6.41. The summed E-state index contributed by atoms with van der Waals surface area (Å²) in [4.78, 5) is 0. The van der Waals surface area contributed by atoms with Gasteiger partial charge in [-0.1, -0.05) is 18.2 Å². The number of aryl methyl sites for hydroxylation is 2. The third-order valence-electron chi connectivity index (χ3n) is 3.55. The molecule has 0 fully saturated rings. The molecule has 0 atom stereocenters. The minimum atomic E-state index is 0.147. The monoisotopic (exact) mass is 232 g/mol. The van der Waals surface area contributed by atoms with Gasteiger partial charge in [-0.05, 0) is 56.8 Å². The fourth-order valence-electron chi connectivity index (χ4n) is 2.58. The van der Waals surface area contributed by atoms with Crippen LogP contribution in [0.2, 0.25) is 0 Å². The van der Waals surface area contributed by atoms with Crippen LogP contribution in [0.25, 0.3) is 0 Å². The van der Waals surface area contributed by atoms with E-state index in [-0.39, 0.29) is 5.54 Å². The molecular formula is C15H24N2. The normalized spacial score (nSPS) is 15.0. The summed E-state index contributed by atoms with van der Waals surface area (Å²) in [5.74, 6) is 0. The molecule has 0 heterocycles. The Bertz CT molecular complexity index is 383. The van der Waals surface area contributed by atoms with Gasteiger partial charge in [0.15, 0.2) is 0 Å². The number of nitrogens with one attached hydrogen (secondary N) is 2. The molecule has 2 rings (SSSR count). The van der Waals surface area contributed by atoms with Gasteiger partial charge in [0.1, 0.15) is 0 Å². The topological polar surface area (TPSA) is 24.1 Å². The molecule has 1 aliphatic carbocycles. The van der Waals surface area contributed by atoms with Crippen LogP contribution >= 0.6 is 0 Å². The highest BCUT2D eigenvalue weighted by Crippen LogP contribution is 2.22. The summed E-state index contributed by atoms with van der Waals surface area (Å²) < 4.78 is 0. The molecule has 17 heavy (non-hydrogen) atoms. The summed E-state index contributed by atoms with van der Waals surface area (Å²) in [5.41, 5.74) is 4.68. The van der Waals surface area contributed by atoms with E-state index in [1.165, 1.54) is 24.8 Å². The van der Waals surface area contributed by atoms with Gasteiger partial charge in [0.2, 0.25) is 0 Å². The number of rotatable bonds is 5. The van der Waals surface area contributed by atoms with Crippen LogP contribution in [0.3, 0.4) is 0 Å². The van der Waals surface area contributed by atoms with Gasteiger partial charge in [-0.3, -0.25) is 0 Å². The largest absolute Gasteiger partial charge is 0.318 e. The molecule has 0 saturated carbocycles. The van der Waals surface area contributed by atoms with Gasteiger partial charge in [-0.2, -0.15) is 0 Å². The zero-order valence-corrected chi connectivity index (χ0v) is 11.3. The quantitative estimate of drug-likeness (QED) is 0.814. The second-order valence-electron chi connectivity index (χ2n) is 5.72. The first-order valence-electron chi connectivity index (χ1n) is 6.61. The SMILES string of the molecule is CNCC(C)(C)NCc1ccc2c(c1)CCC2. The maximum absolute atomic E-state index is 3.60. The van der Waals surface area contributed by atoms with Gasteiger partial charge in [0.05, 0.1) is 0 Å². The van der Waals surface area contributed by atoms with Crippen LogP contribution in [-0.2, 0) is 19.4 Å². The Morgan fingerprint density at radius 2 is 1.94 bits per heavy atom. The predicted molar refractivity (Wildman–Crippen MR) is 73.3 cm³/mol. The second kappa shape index (κ2) is 5.19. The van der Waals surface area contributed by atoms with E-state index in [4.69, 9.17) is 0 Å². The second-order valence-corrected chi connectivity index (χ2v) is 5.72. The number of fused-ring (bicyclic) bond motifs is 1. The van der Waals surface area contributed by atoms with E-state index in [0.717, 1.165) is 13.1 Å². The Morgan fingerprint density at radius 3 is 2.71 bits per heavy atom. The van der Waals surface area contributed by atoms with Crippen LogP contribution in [0.4, 0.5) is 0 Å². The molecule has 0 amide bonds. The Hall–Kier alpha value is -0.860. The van der Waals surface area contributed by atoms with Crippen molar-refractivity contribution in [2.24, 2.45) is 0 Å². The van der Waals surface area contributed by atoms with Crippen LogP contribution in [0.5, 0.6) is 0 Å². The maximum atomic E-state index is 3.60. The molecule has 2 nitrogen and oxygen atoms in total. The summed E-state index contributed by atoms with van der Waals surface area (Å²) in [6, 6.07) is 6.96. The highest BCUT2D eigenvalue weighted by molar-refractivity contribution is 5.35. The molecular weight excluding hydrogens is 208 g/mol. The fraction of sp³-hybridized carbons (Fsp3) is 0.600. The summed E-state index contributed by atoms with van der Waals surface area (Å²) in [6.07, 6.45) is 3.87. The van der Waals surface area contributed by atoms with Crippen molar-refractivity contribution in [1.82, 2.24) is 10.6 Å². The summed E-state index contributed by atoms with van der Waals surface area (Å²) in [7, 11) is 2.00. The molecule has 0 radical (unpaired) electrons. The average molecular weight is 232 g/mol. The van der Waals surface area contributed by atoms with Gasteiger partial charge in [-0.15, -0.1) is 0 Å². The van der Waals surface area contributed by atoms with Gasteiger partial charge < -0.3 is 10.6 Å². The average Bonchev–Trinajstić information content (AvgIpc) is 2.73. The molecule has 1 aromatic rings. The van der Waals surface area contributed by atoms with E-state index in [1.807, 2.05) is 7.05 Å². The Balaban J connectivity index is 1.95. The fourth-order valence-corrected chi connectivity index (χ4v) is 2.58. The van der Waals surface area contributed by atoms with Crippen molar-refractivity contribution in [2.45, 2.75) is 45.2 Å². The van der Waals surface area contributed by atoms with Crippen molar-refractivity contribution in [3.8, 4) is 0 Å². The van der Waals surface area contributed by atoms with E-state index < -0.39 is 0 Å². The minimum absolute atomic E-state index is 0.147. The van der Waals surface area contributed by atoms with Crippen molar-refractivity contribution in [3.05, 3.63) is 34.9 Å². The van der Waals surface area contributed by atoms with E-state index in [9.17, 15) is 0 Å². The minimum Gasteiger partial charge on any atom is -0.318 e. The molecule has 2 heteroatoms. The molecule has 0 unspecified atom stereocenters.